The summed E-state index contributed by atoms with van der Waals surface area (Å²) in [5.74, 6) is 0.493. The Morgan fingerprint density at radius 2 is 1.64 bits per heavy atom. The number of hydrogen-bond acceptors (Lipinski definition) is 3. The van der Waals surface area contributed by atoms with E-state index < -0.39 is 0 Å². The molecule has 1 aromatic rings. The van der Waals surface area contributed by atoms with Crippen molar-refractivity contribution < 1.29 is 44.2 Å². The molecule has 0 bridgehead atoms. The number of ether oxygens (including phenoxy) is 1. The molecule has 1 rings (SSSR count). The third-order valence-electron chi connectivity index (χ3n) is 3.37. The molecule has 116 valence electrons. The number of carbonyl (C=O) groups is 1. The number of allylic oxidation sites excluding steroid dienone is 1. The molecule has 0 amide bonds. The van der Waals surface area contributed by atoms with Gasteiger partial charge < -0.3 is 9.84 Å². The second-order valence-electron chi connectivity index (χ2n) is 5.16. The summed E-state index contributed by atoms with van der Waals surface area (Å²) in [6.45, 7) is 2.94. The molecule has 0 aliphatic rings. The molecule has 1 aromatic carbocycles. The van der Waals surface area contributed by atoms with Crippen LogP contribution in [-0.4, -0.2) is 12.9 Å². The van der Waals surface area contributed by atoms with E-state index >= 15 is 0 Å². The summed E-state index contributed by atoms with van der Waals surface area (Å²) in [7, 11) is 0. The van der Waals surface area contributed by atoms with Crippen LogP contribution >= 0.6 is 0 Å². The normalized spacial score (nSPS) is 10.9. The molecule has 0 heterocycles. The quantitative estimate of drug-likeness (QED) is 0.199. The van der Waals surface area contributed by atoms with Crippen LogP contribution in [0.1, 0.15) is 57.4 Å². The largest absolute Gasteiger partial charge is 1.00 e. The fraction of sp³-hybridized carbons (Fsp3) is 0.500. The molecule has 0 saturated carbocycles. The van der Waals surface area contributed by atoms with E-state index in [2.05, 4.69) is 6.92 Å². The summed E-state index contributed by atoms with van der Waals surface area (Å²) >= 11 is 0. The summed E-state index contributed by atoms with van der Waals surface area (Å²) in [4.78, 5) is 10.2. The number of benzene rings is 1. The standard InChI is InChI=1S/C18H26O3.Na/c1-2-3-4-5-6-7-8-15-21-17-11-9-16(10-12-17)18(20)13-14-19;/h9-14,20H,2-8,15H2,1H3;/q;+1/p-1. The van der Waals surface area contributed by atoms with Crippen LogP contribution in [0.2, 0.25) is 0 Å². The summed E-state index contributed by atoms with van der Waals surface area (Å²) in [5.41, 5.74) is 0.505. The van der Waals surface area contributed by atoms with Crippen LogP contribution in [0.15, 0.2) is 30.3 Å². The van der Waals surface area contributed by atoms with Gasteiger partial charge in [-0.3, -0.25) is 4.79 Å². The van der Waals surface area contributed by atoms with Gasteiger partial charge in [-0.1, -0.05) is 63.3 Å². The van der Waals surface area contributed by atoms with Crippen LogP contribution < -0.4 is 39.4 Å². The van der Waals surface area contributed by atoms with Crippen molar-refractivity contribution in [2.75, 3.05) is 6.61 Å². The van der Waals surface area contributed by atoms with Crippen LogP contribution in [0.4, 0.5) is 0 Å². The molecule has 4 heteroatoms. The molecule has 0 unspecified atom stereocenters. The fourth-order valence-corrected chi connectivity index (χ4v) is 2.12. The van der Waals surface area contributed by atoms with Crippen molar-refractivity contribution in [1.82, 2.24) is 0 Å². The maximum absolute atomic E-state index is 11.4. The molecule has 0 fully saturated rings. The van der Waals surface area contributed by atoms with Crippen molar-refractivity contribution >= 4 is 12.0 Å². The van der Waals surface area contributed by atoms with E-state index in [-0.39, 0.29) is 35.3 Å². The fourth-order valence-electron chi connectivity index (χ4n) is 2.12. The predicted octanol–water partition coefficient (Wildman–Crippen LogP) is 0.720. The van der Waals surface area contributed by atoms with Gasteiger partial charge in [0.15, 0.2) is 0 Å². The summed E-state index contributed by atoms with van der Waals surface area (Å²) in [5, 5.41) is 11.4. The zero-order valence-electron chi connectivity index (χ0n) is 13.8. The molecule has 0 spiro atoms. The van der Waals surface area contributed by atoms with Crippen LogP contribution in [0.3, 0.4) is 0 Å². The average Bonchev–Trinajstić information content (AvgIpc) is 2.51. The van der Waals surface area contributed by atoms with Gasteiger partial charge in [0.2, 0.25) is 0 Å². The number of aldehydes is 1. The van der Waals surface area contributed by atoms with Crippen LogP contribution in [0.25, 0.3) is 5.76 Å². The Morgan fingerprint density at radius 3 is 2.23 bits per heavy atom. The van der Waals surface area contributed by atoms with E-state index in [1.165, 1.54) is 38.5 Å². The van der Waals surface area contributed by atoms with E-state index in [1.807, 2.05) is 0 Å². The molecule has 0 N–H and O–H groups in total. The van der Waals surface area contributed by atoms with Crippen LogP contribution in [0.5, 0.6) is 5.75 Å². The Kier molecular flexibility index (Phi) is 13.4. The monoisotopic (exact) mass is 312 g/mol. The Hall–Kier alpha value is -0.770. The Balaban J connectivity index is 0.00000441. The third-order valence-corrected chi connectivity index (χ3v) is 3.37. The van der Waals surface area contributed by atoms with E-state index in [0.717, 1.165) is 18.2 Å². The molecular formula is C18H25NaO3. The zero-order chi connectivity index (χ0) is 15.3. The molecule has 0 atom stereocenters. The number of unbranched alkanes of at least 4 members (excludes halogenated alkanes) is 6. The van der Waals surface area contributed by atoms with E-state index in [0.29, 0.717) is 18.5 Å². The first-order valence-electron chi connectivity index (χ1n) is 7.83. The van der Waals surface area contributed by atoms with Gasteiger partial charge in [-0.2, -0.15) is 0 Å². The first-order chi connectivity index (χ1) is 10.3. The summed E-state index contributed by atoms with van der Waals surface area (Å²) < 4.78 is 5.64. The number of rotatable bonds is 11. The van der Waals surface area contributed by atoms with E-state index in [9.17, 15) is 9.90 Å². The molecule has 3 nitrogen and oxygen atoms in total. The van der Waals surface area contributed by atoms with Crippen LogP contribution in [0, 0.1) is 0 Å². The zero-order valence-corrected chi connectivity index (χ0v) is 15.8. The molecule has 0 aliphatic heterocycles. The predicted molar refractivity (Wildman–Crippen MR) is 84.0 cm³/mol. The first-order valence-corrected chi connectivity index (χ1v) is 7.83. The third kappa shape index (κ3) is 9.29. The molecule has 22 heavy (non-hydrogen) atoms. The van der Waals surface area contributed by atoms with Crippen LogP contribution in [-0.2, 0) is 4.79 Å². The Bertz CT molecular complexity index is 426. The van der Waals surface area contributed by atoms with Gasteiger partial charge in [-0.15, -0.1) is 0 Å². The SMILES string of the molecule is CCCCCCCCCOc1ccc(C([O-])=CC=O)cc1.[Na+]. The Morgan fingerprint density at radius 1 is 1.05 bits per heavy atom. The molecule has 0 aromatic heterocycles. The molecule has 0 radical (unpaired) electrons. The van der Waals surface area contributed by atoms with Crippen molar-refractivity contribution in [1.29, 1.82) is 0 Å². The topological polar surface area (TPSA) is 49.4 Å². The van der Waals surface area contributed by atoms with Gasteiger partial charge >= 0.3 is 29.6 Å². The average molecular weight is 312 g/mol. The van der Waals surface area contributed by atoms with Gasteiger partial charge in [0.1, 0.15) is 12.0 Å². The van der Waals surface area contributed by atoms with E-state index in [4.69, 9.17) is 4.74 Å². The van der Waals surface area contributed by atoms with Crippen molar-refractivity contribution in [3.63, 3.8) is 0 Å². The second-order valence-corrected chi connectivity index (χ2v) is 5.16. The van der Waals surface area contributed by atoms with Crippen molar-refractivity contribution in [2.24, 2.45) is 0 Å². The van der Waals surface area contributed by atoms with Gasteiger partial charge in [0.25, 0.3) is 0 Å². The summed E-state index contributed by atoms with van der Waals surface area (Å²) in [6, 6.07) is 6.91. The van der Waals surface area contributed by atoms with Crippen molar-refractivity contribution in [3.8, 4) is 5.75 Å². The molecular weight excluding hydrogens is 287 g/mol. The van der Waals surface area contributed by atoms with Gasteiger partial charge in [0.05, 0.1) is 6.61 Å². The molecule has 0 saturated heterocycles. The molecule has 0 aliphatic carbocycles. The number of carbonyl (C=O) groups excluding carboxylic acids is 1. The van der Waals surface area contributed by atoms with Crippen molar-refractivity contribution in [2.45, 2.75) is 51.9 Å². The smallest absolute Gasteiger partial charge is 0.872 e. The Labute approximate surface area is 156 Å². The first kappa shape index (κ1) is 21.2. The minimum atomic E-state index is -0.274. The van der Waals surface area contributed by atoms with E-state index in [1.54, 1.807) is 24.3 Å². The maximum Gasteiger partial charge on any atom is 1.00 e. The van der Waals surface area contributed by atoms with Crippen molar-refractivity contribution in [3.05, 3.63) is 35.9 Å². The second kappa shape index (κ2) is 13.9. The van der Waals surface area contributed by atoms with Gasteiger partial charge in [-0.25, -0.2) is 0 Å². The minimum absolute atomic E-state index is 0. The van der Waals surface area contributed by atoms with Gasteiger partial charge in [0, 0.05) is 0 Å². The maximum atomic E-state index is 11.4. The number of hydrogen-bond donors (Lipinski definition) is 0. The summed E-state index contributed by atoms with van der Waals surface area (Å²) in [6.07, 6.45) is 10.3. The van der Waals surface area contributed by atoms with Gasteiger partial charge in [-0.05, 0) is 30.2 Å². The minimum Gasteiger partial charge on any atom is -0.872 e.